The molecule has 2 rings (SSSR count). The van der Waals surface area contributed by atoms with E-state index in [1.807, 2.05) is 0 Å². The molecular formula is C21H22F6N2O3. The minimum Gasteiger partial charge on any atom is -0.463 e. The van der Waals surface area contributed by atoms with E-state index in [-0.39, 0.29) is 23.8 Å². The summed E-state index contributed by atoms with van der Waals surface area (Å²) in [6.07, 6.45) is -9.08. The van der Waals surface area contributed by atoms with Crippen LogP contribution in [0.5, 0.6) is 0 Å². The summed E-state index contributed by atoms with van der Waals surface area (Å²) in [6.45, 7) is 6.89. The number of esters is 1. The van der Waals surface area contributed by atoms with E-state index in [4.69, 9.17) is 4.74 Å². The normalized spacial score (nSPS) is 13.6. The monoisotopic (exact) mass is 464 g/mol. The van der Waals surface area contributed by atoms with Crippen molar-refractivity contribution in [2.45, 2.75) is 51.6 Å². The predicted octanol–water partition coefficient (Wildman–Crippen LogP) is 5.27. The number of benzene rings is 1. The number of carbonyl (C=O) groups excluding carboxylic acids is 1. The zero-order valence-corrected chi connectivity index (χ0v) is 17.7. The van der Waals surface area contributed by atoms with Crippen molar-refractivity contribution in [2.75, 3.05) is 6.61 Å². The van der Waals surface area contributed by atoms with Crippen LogP contribution in [-0.4, -0.2) is 39.6 Å². The van der Waals surface area contributed by atoms with Gasteiger partial charge in [-0.3, -0.25) is 4.57 Å². The van der Waals surface area contributed by atoms with Crippen molar-refractivity contribution in [3.63, 3.8) is 0 Å². The van der Waals surface area contributed by atoms with E-state index in [2.05, 4.69) is 4.98 Å². The number of nitrogens with zero attached hydrogens (tertiary/aromatic N) is 2. The molecule has 0 spiro atoms. The zero-order chi connectivity index (χ0) is 24.5. The molecule has 0 bridgehead atoms. The van der Waals surface area contributed by atoms with Gasteiger partial charge in [-0.1, -0.05) is 26.0 Å². The molecule has 0 saturated heterocycles. The molecule has 0 unspecified atom stereocenters. The number of carbonyl (C=O) groups is 1. The Morgan fingerprint density at radius 1 is 1.12 bits per heavy atom. The maximum absolute atomic E-state index is 13.1. The Labute approximate surface area is 180 Å². The summed E-state index contributed by atoms with van der Waals surface area (Å²) in [4.78, 5) is 16.2. The topological polar surface area (TPSA) is 64.3 Å². The second-order valence-corrected chi connectivity index (χ2v) is 7.33. The smallest absolute Gasteiger partial charge is 0.430 e. The first-order valence-electron chi connectivity index (χ1n) is 9.54. The Morgan fingerprint density at radius 3 is 2.09 bits per heavy atom. The van der Waals surface area contributed by atoms with Gasteiger partial charge in [0, 0.05) is 22.7 Å². The van der Waals surface area contributed by atoms with Gasteiger partial charge in [0.1, 0.15) is 5.82 Å². The van der Waals surface area contributed by atoms with Crippen LogP contribution in [0.3, 0.4) is 0 Å². The molecule has 2 aromatic rings. The number of rotatable bonds is 6. The highest BCUT2D eigenvalue weighted by Gasteiger charge is 2.71. The van der Waals surface area contributed by atoms with Gasteiger partial charge < -0.3 is 9.84 Å². The molecule has 0 aliphatic heterocycles. The first-order valence-corrected chi connectivity index (χ1v) is 9.54. The van der Waals surface area contributed by atoms with Crippen molar-refractivity contribution in [3.05, 3.63) is 53.1 Å². The van der Waals surface area contributed by atoms with Gasteiger partial charge in [0.25, 0.3) is 5.60 Å². The van der Waals surface area contributed by atoms with Gasteiger partial charge in [0.2, 0.25) is 0 Å². The summed E-state index contributed by atoms with van der Waals surface area (Å²) in [7, 11) is 0. The van der Waals surface area contributed by atoms with Crippen LogP contribution in [0.4, 0.5) is 26.3 Å². The van der Waals surface area contributed by atoms with Crippen molar-refractivity contribution >= 4 is 12.0 Å². The average Bonchev–Trinajstić information content (AvgIpc) is 3.09. The summed E-state index contributed by atoms with van der Waals surface area (Å²) >= 11 is 0. The number of aromatic nitrogens is 2. The fraction of sp³-hybridized carbons (Fsp3) is 0.429. The lowest BCUT2D eigenvalue weighted by Gasteiger charge is -2.32. The number of hydrogen-bond donors (Lipinski definition) is 1. The number of imidazole rings is 1. The molecule has 0 aliphatic rings. The number of halogens is 6. The minimum atomic E-state index is -5.98. The van der Waals surface area contributed by atoms with Gasteiger partial charge in [-0.15, -0.1) is 0 Å². The molecule has 11 heteroatoms. The summed E-state index contributed by atoms with van der Waals surface area (Å²) in [5.74, 6) is -0.285. The molecule has 0 radical (unpaired) electrons. The van der Waals surface area contributed by atoms with Crippen molar-refractivity contribution in [1.29, 1.82) is 0 Å². The Bertz CT molecular complexity index is 974. The molecule has 5 nitrogen and oxygen atoms in total. The van der Waals surface area contributed by atoms with Gasteiger partial charge in [0.15, 0.2) is 0 Å². The summed E-state index contributed by atoms with van der Waals surface area (Å²) in [5.41, 5.74) is -5.59. The number of ether oxygens (including phenoxy) is 1. The van der Waals surface area contributed by atoms with E-state index in [1.54, 1.807) is 20.8 Å². The second kappa shape index (κ2) is 8.97. The zero-order valence-electron chi connectivity index (χ0n) is 17.7. The highest BCUT2D eigenvalue weighted by atomic mass is 19.4. The maximum Gasteiger partial charge on any atom is 0.430 e. The van der Waals surface area contributed by atoms with Crippen LogP contribution >= 0.6 is 0 Å². The predicted molar refractivity (Wildman–Crippen MR) is 104 cm³/mol. The van der Waals surface area contributed by atoms with Crippen molar-refractivity contribution < 1.29 is 41.0 Å². The maximum atomic E-state index is 13.1. The number of hydrogen-bond acceptors (Lipinski definition) is 4. The van der Waals surface area contributed by atoms with Gasteiger partial charge >= 0.3 is 18.3 Å². The largest absolute Gasteiger partial charge is 0.463 e. The molecule has 0 amide bonds. The third-order valence-corrected chi connectivity index (χ3v) is 4.66. The fourth-order valence-corrected chi connectivity index (χ4v) is 3.04. The lowest BCUT2D eigenvalue weighted by atomic mass is 9.92. The SMILES string of the molecule is CCOC(=O)C(C)=Cc1cnc(C(C)C)n1-c1ccc(C(O)(C(F)(F)F)C(F)(F)F)cc1. The molecule has 0 fully saturated rings. The van der Waals surface area contributed by atoms with E-state index in [0.29, 0.717) is 23.7 Å². The minimum absolute atomic E-state index is 0.156. The molecule has 0 saturated carbocycles. The Kier molecular flexibility index (Phi) is 7.13. The summed E-state index contributed by atoms with van der Waals surface area (Å²) < 4.78 is 85.2. The first kappa shape index (κ1) is 25.4. The standard InChI is InChI=1S/C21H22F6N2O3/c1-5-32-18(30)13(4)10-16-11-28-17(12(2)3)29(16)15-8-6-14(7-9-15)19(31,20(22,23)24)21(25,26)27/h6-12,31H,5H2,1-4H3. The first-order chi connectivity index (χ1) is 14.6. The lowest BCUT2D eigenvalue weighted by molar-refractivity contribution is -0.376. The van der Waals surface area contributed by atoms with Crippen LogP contribution in [0.25, 0.3) is 11.8 Å². The molecular weight excluding hydrogens is 442 g/mol. The number of aliphatic hydroxyl groups is 1. The van der Waals surface area contributed by atoms with Crippen molar-refractivity contribution in [2.24, 2.45) is 0 Å². The van der Waals surface area contributed by atoms with Crippen LogP contribution in [-0.2, 0) is 15.1 Å². The average molecular weight is 464 g/mol. The molecule has 0 atom stereocenters. The van der Waals surface area contributed by atoms with E-state index >= 15 is 0 Å². The third kappa shape index (κ3) is 4.67. The Morgan fingerprint density at radius 2 is 1.66 bits per heavy atom. The molecule has 176 valence electrons. The van der Waals surface area contributed by atoms with E-state index < -0.39 is 29.5 Å². The lowest BCUT2D eigenvalue weighted by Crippen LogP contribution is -2.53. The fourth-order valence-electron chi connectivity index (χ4n) is 3.04. The molecule has 1 aromatic carbocycles. The quantitative estimate of drug-likeness (QED) is 0.359. The molecule has 1 aromatic heterocycles. The van der Waals surface area contributed by atoms with Crippen LogP contribution in [0.2, 0.25) is 0 Å². The number of alkyl halides is 6. The van der Waals surface area contributed by atoms with Gasteiger partial charge in [-0.2, -0.15) is 26.3 Å². The van der Waals surface area contributed by atoms with E-state index in [0.717, 1.165) is 12.1 Å². The molecule has 1 heterocycles. The summed E-state index contributed by atoms with van der Waals surface area (Å²) in [5, 5.41) is 9.58. The van der Waals surface area contributed by atoms with Gasteiger partial charge in [-0.25, -0.2) is 9.78 Å². The van der Waals surface area contributed by atoms with Crippen LogP contribution in [0.1, 0.15) is 50.7 Å². The van der Waals surface area contributed by atoms with E-state index in [1.165, 1.54) is 23.8 Å². The molecule has 1 N–H and O–H groups in total. The van der Waals surface area contributed by atoms with Gasteiger partial charge in [-0.05, 0) is 32.1 Å². The third-order valence-electron chi connectivity index (χ3n) is 4.66. The Hall–Kier alpha value is -2.82. The second-order valence-electron chi connectivity index (χ2n) is 7.33. The van der Waals surface area contributed by atoms with Gasteiger partial charge in [0.05, 0.1) is 18.5 Å². The van der Waals surface area contributed by atoms with Crippen LogP contribution < -0.4 is 0 Å². The molecule has 32 heavy (non-hydrogen) atoms. The molecule has 0 aliphatic carbocycles. The van der Waals surface area contributed by atoms with Crippen molar-refractivity contribution in [3.8, 4) is 5.69 Å². The van der Waals surface area contributed by atoms with Crippen LogP contribution in [0.15, 0.2) is 36.0 Å². The van der Waals surface area contributed by atoms with Crippen molar-refractivity contribution in [1.82, 2.24) is 9.55 Å². The van der Waals surface area contributed by atoms with E-state index in [9.17, 15) is 36.2 Å². The van der Waals surface area contributed by atoms with Crippen LogP contribution in [0, 0.1) is 0 Å². The highest BCUT2D eigenvalue weighted by Crippen LogP contribution is 2.50. The highest BCUT2D eigenvalue weighted by molar-refractivity contribution is 5.92. The summed E-state index contributed by atoms with van der Waals surface area (Å²) in [6, 6.07) is 3.16. The Balaban J connectivity index is 2.61.